The van der Waals surface area contributed by atoms with Crippen LogP contribution in [0.1, 0.15) is 12.8 Å². The standard InChI is InChI=1S/C11H13FN2O6S/c12-9-5-7(14(15)16)6-10(21(13,17)18)11(9)20-8-1-3-19-4-2-8/h5-6,8H,1-4H2,(H2,13,17,18). The third-order valence-electron chi connectivity index (χ3n) is 2.96. The fraction of sp³-hybridized carbons (Fsp3) is 0.455. The van der Waals surface area contributed by atoms with Gasteiger partial charge < -0.3 is 9.47 Å². The summed E-state index contributed by atoms with van der Waals surface area (Å²) in [6.07, 6.45) is 0.483. The molecule has 2 rings (SSSR count). The number of rotatable bonds is 4. The third-order valence-corrected chi connectivity index (χ3v) is 3.88. The number of nitro groups is 1. The summed E-state index contributed by atoms with van der Waals surface area (Å²) in [5.41, 5.74) is -0.712. The minimum atomic E-state index is -4.36. The van der Waals surface area contributed by atoms with E-state index in [1.54, 1.807) is 0 Å². The van der Waals surface area contributed by atoms with Gasteiger partial charge in [-0.15, -0.1) is 0 Å². The Hall–Kier alpha value is -1.78. The molecule has 1 saturated heterocycles. The summed E-state index contributed by atoms with van der Waals surface area (Å²) in [5.74, 6) is -1.73. The van der Waals surface area contributed by atoms with Crippen molar-refractivity contribution >= 4 is 15.7 Å². The quantitative estimate of drug-likeness (QED) is 0.650. The number of nitrogens with two attached hydrogens (primary N) is 1. The maximum atomic E-state index is 14.0. The topological polar surface area (TPSA) is 122 Å². The number of non-ortho nitro benzene ring substituents is 1. The van der Waals surface area contributed by atoms with Gasteiger partial charge in [-0.25, -0.2) is 17.9 Å². The predicted octanol–water partition coefficient (Wildman–Crippen LogP) is 0.939. The molecule has 1 fully saturated rings. The summed E-state index contributed by atoms with van der Waals surface area (Å²) in [7, 11) is -4.36. The van der Waals surface area contributed by atoms with Crippen LogP contribution >= 0.6 is 0 Å². The molecule has 0 aromatic heterocycles. The molecule has 8 nitrogen and oxygen atoms in total. The van der Waals surface area contributed by atoms with Crippen LogP contribution in [0.5, 0.6) is 5.75 Å². The molecule has 1 aromatic carbocycles. The SMILES string of the molecule is NS(=O)(=O)c1cc([N+](=O)[O-])cc(F)c1OC1CCOCC1. The zero-order valence-electron chi connectivity index (χ0n) is 10.8. The Morgan fingerprint density at radius 2 is 2.00 bits per heavy atom. The molecule has 1 aliphatic heterocycles. The zero-order valence-corrected chi connectivity index (χ0v) is 11.6. The van der Waals surface area contributed by atoms with E-state index in [1.165, 1.54) is 0 Å². The fourth-order valence-corrected chi connectivity index (χ4v) is 2.64. The van der Waals surface area contributed by atoms with Crippen LogP contribution in [0, 0.1) is 15.9 Å². The first kappa shape index (κ1) is 15.6. The van der Waals surface area contributed by atoms with Gasteiger partial charge in [0.05, 0.1) is 24.2 Å². The highest BCUT2D eigenvalue weighted by Crippen LogP contribution is 2.32. The summed E-state index contributed by atoms with van der Waals surface area (Å²) >= 11 is 0. The smallest absolute Gasteiger partial charge is 0.274 e. The molecular formula is C11H13FN2O6S. The molecule has 1 aliphatic rings. The first-order chi connectivity index (χ1) is 9.79. The Balaban J connectivity index is 2.45. The number of benzene rings is 1. The van der Waals surface area contributed by atoms with E-state index in [4.69, 9.17) is 14.6 Å². The van der Waals surface area contributed by atoms with E-state index in [0.29, 0.717) is 38.2 Å². The molecule has 21 heavy (non-hydrogen) atoms. The summed E-state index contributed by atoms with van der Waals surface area (Å²) in [6, 6.07) is 1.29. The molecule has 116 valence electrons. The number of halogens is 1. The monoisotopic (exact) mass is 320 g/mol. The minimum Gasteiger partial charge on any atom is -0.486 e. The van der Waals surface area contributed by atoms with Crippen LogP contribution in [-0.2, 0) is 14.8 Å². The van der Waals surface area contributed by atoms with E-state index in [9.17, 15) is 22.9 Å². The molecule has 0 saturated carbocycles. The largest absolute Gasteiger partial charge is 0.486 e. The number of nitro benzene ring substituents is 1. The molecule has 10 heteroatoms. The number of ether oxygens (including phenoxy) is 2. The lowest BCUT2D eigenvalue weighted by Gasteiger charge is -2.24. The van der Waals surface area contributed by atoms with Crippen molar-refractivity contribution in [1.29, 1.82) is 0 Å². The Bertz CT molecular complexity index is 657. The minimum absolute atomic E-state index is 0.407. The van der Waals surface area contributed by atoms with E-state index < -0.39 is 43.2 Å². The average molecular weight is 320 g/mol. The number of hydrogen-bond acceptors (Lipinski definition) is 6. The van der Waals surface area contributed by atoms with E-state index >= 15 is 0 Å². The molecule has 1 aromatic rings. The van der Waals surface area contributed by atoms with Crippen LogP contribution in [0.3, 0.4) is 0 Å². The molecule has 1 heterocycles. The van der Waals surface area contributed by atoms with Crippen LogP contribution in [0.2, 0.25) is 0 Å². The van der Waals surface area contributed by atoms with Gasteiger partial charge in [-0.3, -0.25) is 10.1 Å². The Morgan fingerprint density at radius 1 is 1.38 bits per heavy atom. The molecular weight excluding hydrogens is 307 g/mol. The lowest BCUT2D eigenvalue weighted by Crippen LogP contribution is -2.27. The first-order valence-corrected chi connectivity index (χ1v) is 7.59. The van der Waals surface area contributed by atoms with E-state index in [1.807, 2.05) is 0 Å². The number of nitrogens with zero attached hydrogens (tertiary/aromatic N) is 1. The summed E-state index contributed by atoms with van der Waals surface area (Å²) in [4.78, 5) is 9.04. The van der Waals surface area contributed by atoms with E-state index in [0.717, 1.165) is 0 Å². The highest BCUT2D eigenvalue weighted by atomic mass is 32.2. The van der Waals surface area contributed by atoms with Gasteiger partial charge in [0, 0.05) is 18.9 Å². The van der Waals surface area contributed by atoms with Crippen molar-refractivity contribution in [2.24, 2.45) is 5.14 Å². The van der Waals surface area contributed by atoms with Gasteiger partial charge in [-0.2, -0.15) is 0 Å². The molecule has 2 N–H and O–H groups in total. The molecule has 0 aliphatic carbocycles. The molecule has 0 unspecified atom stereocenters. The van der Waals surface area contributed by atoms with Crippen molar-refractivity contribution < 1.29 is 27.2 Å². The Morgan fingerprint density at radius 3 is 2.52 bits per heavy atom. The summed E-state index contributed by atoms with van der Waals surface area (Å²) < 4.78 is 47.4. The van der Waals surface area contributed by atoms with Crippen molar-refractivity contribution in [3.8, 4) is 5.75 Å². The van der Waals surface area contributed by atoms with Gasteiger partial charge in [-0.05, 0) is 0 Å². The van der Waals surface area contributed by atoms with Crippen LogP contribution in [0.4, 0.5) is 10.1 Å². The average Bonchev–Trinajstić information content (AvgIpc) is 2.40. The number of hydrogen-bond donors (Lipinski definition) is 1. The second-order valence-electron chi connectivity index (χ2n) is 4.49. The van der Waals surface area contributed by atoms with Crippen LogP contribution < -0.4 is 9.88 Å². The van der Waals surface area contributed by atoms with Gasteiger partial charge in [0.2, 0.25) is 10.0 Å². The van der Waals surface area contributed by atoms with E-state index in [2.05, 4.69) is 0 Å². The normalized spacial score (nSPS) is 16.7. The zero-order chi connectivity index (χ0) is 15.6. The second-order valence-corrected chi connectivity index (χ2v) is 6.02. The summed E-state index contributed by atoms with van der Waals surface area (Å²) in [5, 5.41) is 15.7. The second kappa shape index (κ2) is 5.92. The van der Waals surface area contributed by atoms with Gasteiger partial charge >= 0.3 is 0 Å². The molecule has 0 bridgehead atoms. The molecule has 0 radical (unpaired) electrons. The maximum Gasteiger partial charge on any atom is 0.274 e. The molecule has 0 spiro atoms. The fourth-order valence-electron chi connectivity index (χ4n) is 1.95. The van der Waals surface area contributed by atoms with E-state index in [-0.39, 0.29) is 0 Å². The van der Waals surface area contributed by atoms with Gasteiger partial charge in [0.25, 0.3) is 5.69 Å². The lowest BCUT2D eigenvalue weighted by molar-refractivity contribution is -0.385. The van der Waals surface area contributed by atoms with Crippen LogP contribution in [0.25, 0.3) is 0 Å². The molecule has 0 atom stereocenters. The van der Waals surface area contributed by atoms with Crippen molar-refractivity contribution in [2.75, 3.05) is 13.2 Å². The lowest BCUT2D eigenvalue weighted by atomic mass is 10.1. The van der Waals surface area contributed by atoms with Gasteiger partial charge in [0.15, 0.2) is 11.6 Å². The third kappa shape index (κ3) is 3.65. The Kier molecular flexibility index (Phi) is 4.40. The van der Waals surface area contributed by atoms with Gasteiger partial charge in [-0.1, -0.05) is 0 Å². The van der Waals surface area contributed by atoms with Crippen molar-refractivity contribution in [3.05, 3.63) is 28.1 Å². The highest BCUT2D eigenvalue weighted by Gasteiger charge is 2.27. The maximum absolute atomic E-state index is 14.0. The van der Waals surface area contributed by atoms with Crippen LogP contribution in [0.15, 0.2) is 17.0 Å². The van der Waals surface area contributed by atoms with Gasteiger partial charge in [0.1, 0.15) is 11.0 Å². The number of primary sulfonamides is 1. The highest BCUT2D eigenvalue weighted by molar-refractivity contribution is 7.89. The first-order valence-electron chi connectivity index (χ1n) is 6.04. The van der Waals surface area contributed by atoms with Crippen molar-refractivity contribution in [3.63, 3.8) is 0 Å². The molecule has 0 amide bonds. The summed E-state index contributed by atoms with van der Waals surface area (Å²) in [6.45, 7) is 0.813. The predicted molar refractivity (Wildman–Crippen MR) is 68.9 cm³/mol. The number of sulfonamides is 1. The van der Waals surface area contributed by atoms with Crippen molar-refractivity contribution in [2.45, 2.75) is 23.8 Å². The Labute approximate surface area is 119 Å². The van der Waals surface area contributed by atoms with Crippen LogP contribution in [-0.4, -0.2) is 32.7 Å². The van der Waals surface area contributed by atoms with Crippen molar-refractivity contribution in [1.82, 2.24) is 0 Å².